The number of carbonyl (C=O) groups is 2. The molecule has 2 aromatic carbocycles. The molecule has 0 unspecified atom stereocenters. The topological polar surface area (TPSA) is 102 Å². The number of nitrogens with one attached hydrogen (secondary N) is 1. The number of methoxy groups -OCH3 is 1. The minimum atomic E-state index is -1.31. The molecule has 198 valence electrons. The van der Waals surface area contributed by atoms with Gasteiger partial charge in [0.25, 0.3) is 5.91 Å². The fourth-order valence-corrected chi connectivity index (χ4v) is 5.61. The molecule has 1 aliphatic carbocycles. The SMILES string of the molecule is COC1(Cn2c(-c3nc4cc5c(cc4n3C)CCN(C[C@@H](CF)NC(=O)O)C5=O)cc3ccccc32)CC1. The van der Waals surface area contributed by atoms with Gasteiger partial charge in [0.05, 0.1) is 34.9 Å². The lowest BCUT2D eigenvalue weighted by Gasteiger charge is -2.31. The van der Waals surface area contributed by atoms with Gasteiger partial charge in [-0.25, -0.2) is 14.2 Å². The van der Waals surface area contributed by atoms with Crippen molar-refractivity contribution < 1.29 is 23.8 Å². The Kier molecular flexibility index (Phi) is 5.86. The number of amides is 2. The summed E-state index contributed by atoms with van der Waals surface area (Å²) in [6.07, 6.45) is 1.33. The average Bonchev–Trinajstić information content (AvgIpc) is 3.51. The zero-order valence-electron chi connectivity index (χ0n) is 21.4. The molecular formula is C28H30FN5O4. The van der Waals surface area contributed by atoms with E-state index in [4.69, 9.17) is 14.8 Å². The van der Waals surface area contributed by atoms with E-state index >= 15 is 0 Å². The summed E-state index contributed by atoms with van der Waals surface area (Å²) in [7, 11) is 3.76. The van der Waals surface area contributed by atoms with Gasteiger partial charge in [-0.3, -0.25) is 4.79 Å². The molecule has 9 nitrogen and oxygen atoms in total. The van der Waals surface area contributed by atoms with Crippen LogP contribution in [0.5, 0.6) is 0 Å². The van der Waals surface area contributed by atoms with Gasteiger partial charge in [0.1, 0.15) is 6.67 Å². The number of imidazole rings is 1. The summed E-state index contributed by atoms with van der Waals surface area (Å²) in [4.78, 5) is 30.8. The predicted octanol–water partition coefficient (Wildman–Crippen LogP) is 3.98. The van der Waals surface area contributed by atoms with Crippen molar-refractivity contribution in [3.8, 4) is 11.5 Å². The maximum absolute atomic E-state index is 13.4. The third-order valence-corrected chi connectivity index (χ3v) is 7.96. The van der Waals surface area contributed by atoms with E-state index in [0.717, 1.165) is 52.9 Å². The lowest BCUT2D eigenvalue weighted by atomic mass is 9.97. The monoisotopic (exact) mass is 519 g/mol. The van der Waals surface area contributed by atoms with Crippen LogP contribution in [-0.4, -0.2) is 74.6 Å². The van der Waals surface area contributed by atoms with E-state index in [1.807, 2.05) is 31.3 Å². The standard InChI is InChI=1S/C28H30FN5O4/c1-32-23-11-17-7-10-33(15-19(14-29)30-27(36)37)26(35)20(17)13-21(23)31-25(32)24-12-18-5-3-4-6-22(18)34(24)16-28(38-2)8-9-28/h3-6,11-13,19,30H,7-10,14-16H2,1-2H3,(H,36,37)/t19-/m1/s1. The van der Waals surface area contributed by atoms with E-state index < -0.39 is 18.8 Å². The first kappa shape index (κ1) is 24.4. The molecule has 0 saturated heterocycles. The maximum Gasteiger partial charge on any atom is 0.405 e. The summed E-state index contributed by atoms with van der Waals surface area (Å²) in [5.41, 5.74) is 5.03. The summed E-state index contributed by atoms with van der Waals surface area (Å²) in [5.74, 6) is 0.564. The molecule has 2 amide bonds. The van der Waals surface area contributed by atoms with Crippen LogP contribution in [0.2, 0.25) is 0 Å². The first-order valence-corrected chi connectivity index (χ1v) is 12.8. The number of carbonyl (C=O) groups excluding carboxylic acids is 1. The second-order valence-electron chi connectivity index (χ2n) is 10.4. The molecule has 1 fully saturated rings. The number of aryl methyl sites for hydroxylation is 1. The van der Waals surface area contributed by atoms with Gasteiger partial charge in [0.15, 0.2) is 5.82 Å². The molecule has 4 aromatic rings. The predicted molar refractivity (Wildman–Crippen MR) is 141 cm³/mol. The first-order chi connectivity index (χ1) is 18.3. The maximum atomic E-state index is 13.4. The van der Waals surface area contributed by atoms with Gasteiger partial charge in [-0.15, -0.1) is 0 Å². The highest BCUT2D eigenvalue weighted by molar-refractivity contribution is 6.00. The molecule has 0 bridgehead atoms. The summed E-state index contributed by atoms with van der Waals surface area (Å²) in [6, 6.07) is 13.3. The minimum Gasteiger partial charge on any atom is -0.465 e. The lowest BCUT2D eigenvalue weighted by molar-refractivity contribution is 0.0665. The average molecular weight is 520 g/mol. The molecule has 1 aliphatic heterocycles. The van der Waals surface area contributed by atoms with E-state index in [2.05, 4.69) is 32.7 Å². The van der Waals surface area contributed by atoms with Crippen molar-refractivity contribution in [2.75, 3.05) is 26.9 Å². The minimum absolute atomic E-state index is 0.0199. The van der Waals surface area contributed by atoms with Crippen LogP contribution >= 0.6 is 0 Å². The van der Waals surface area contributed by atoms with Crippen LogP contribution in [0.4, 0.5) is 9.18 Å². The van der Waals surface area contributed by atoms with Crippen LogP contribution < -0.4 is 5.32 Å². The Morgan fingerprint density at radius 1 is 1.24 bits per heavy atom. The van der Waals surface area contributed by atoms with Crippen molar-refractivity contribution in [3.63, 3.8) is 0 Å². The molecule has 0 radical (unpaired) electrons. The number of alkyl halides is 1. The molecule has 38 heavy (non-hydrogen) atoms. The number of rotatable bonds is 8. The van der Waals surface area contributed by atoms with E-state index in [-0.39, 0.29) is 18.1 Å². The van der Waals surface area contributed by atoms with E-state index in [1.54, 1.807) is 7.11 Å². The highest BCUT2D eigenvalue weighted by Gasteiger charge is 2.44. The number of aromatic nitrogens is 3. The Balaban J connectivity index is 1.39. The Hall–Kier alpha value is -3.92. The molecular weight excluding hydrogens is 489 g/mol. The second-order valence-corrected chi connectivity index (χ2v) is 10.4. The Labute approximate surface area is 218 Å². The number of nitrogens with zero attached hydrogens (tertiary/aromatic N) is 4. The molecule has 0 spiro atoms. The Morgan fingerprint density at radius 3 is 2.74 bits per heavy atom. The molecule has 1 saturated carbocycles. The van der Waals surface area contributed by atoms with Crippen molar-refractivity contribution in [3.05, 3.63) is 53.6 Å². The largest absolute Gasteiger partial charge is 0.465 e. The first-order valence-electron chi connectivity index (χ1n) is 12.8. The molecule has 2 N–H and O–H groups in total. The van der Waals surface area contributed by atoms with Gasteiger partial charge < -0.3 is 29.2 Å². The highest BCUT2D eigenvalue weighted by atomic mass is 19.1. The van der Waals surface area contributed by atoms with Gasteiger partial charge in [-0.2, -0.15) is 0 Å². The van der Waals surface area contributed by atoms with Gasteiger partial charge in [0.2, 0.25) is 0 Å². The van der Waals surface area contributed by atoms with Gasteiger partial charge >= 0.3 is 6.09 Å². The van der Waals surface area contributed by atoms with Gasteiger partial charge in [-0.1, -0.05) is 18.2 Å². The van der Waals surface area contributed by atoms with Gasteiger partial charge in [-0.05, 0) is 49.1 Å². The van der Waals surface area contributed by atoms with Crippen LogP contribution in [0.15, 0.2) is 42.5 Å². The van der Waals surface area contributed by atoms with E-state index in [0.29, 0.717) is 24.0 Å². The number of carboxylic acid groups (broad SMARTS) is 1. The summed E-state index contributed by atoms with van der Waals surface area (Å²) >= 11 is 0. The number of hydrogen-bond donors (Lipinski definition) is 2. The quantitative estimate of drug-likeness (QED) is 0.367. The third-order valence-electron chi connectivity index (χ3n) is 7.96. The number of para-hydroxylation sites is 1. The third kappa shape index (κ3) is 4.09. The number of benzene rings is 2. The fraction of sp³-hybridized carbons (Fsp3) is 0.393. The lowest BCUT2D eigenvalue weighted by Crippen LogP contribution is -2.48. The van der Waals surface area contributed by atoms with E-state index in [9.17, 15) is 14.0 Å². The zero-order chi connectivity index (χ0) is 26.6. The zero-order valence-corrected chi connectivity index (χ0v) is 21.4. The van der Waals surface area contributed by atoms with Crippen LogP contribution in [-0.2, 0) is 24.8 Å². The molecule has 3 heterocycles. The number of halogens is 1. The van der Waals surface area contributed by atoms with Crippen LogP contribution in [0.1, 0.15) is 28.8 Å². The summed E-state index contributed by atoms with van der Waals surface area (Å²) in [6.45, 7) is 0.227. The van der Waals surface area contributed by atoms with Crippen molar-refractivity contribution in [2.24, 2.45) is 7.05 Å². The summed E-state index contributed by atoms with van der Waals surface area (Å²) < 4.78 is 23.6. The smallest absolute Gasteiger partial charge is 0.405 e. The van der Waals surface area contributed by atoms with Gasteiger partial charge in [0, 0.05) is 43.7 Å². The fourth-order valence-electron chi connectivity index (χ4n) is 5.61. The van der Waals surface area contributed by atoms with Crippen molar-refractivity contribution >= 4 is 33.9 Å². The van der Waals surface area contributed by atoms with Crippen LogP contribution in [0.25, 0.3) is 33.5 Å². The Bertz CT molecular complexity index is 1570. The number of ether oxygens (including phenoxy) is 1. The number of fused-ring (bicyclic) bond motifs is 3. The van der Waals surface area contributed by atoms with E-state index in [1.165, 1.54) is 4.90 Å². The molecule has 10 heteroatoms. The van der Waals surface area contributed by atoms with Crippen LogP contribution in [0, 0.1) is 0 Å². The second kappa shape index (κ2) is 9.13. The Morgan fingerprint density at radius 2 is 2.03 bits per heavy atom. The molecule has 2 aliphatic rings. The normalized spacial score (nSPS) is 17.1. The molecule has 6 rings (SSSR count). The molecule has 1 atom stereocenters. The van der Waals surface area contributed by atoms with Crippen molar-refractivity contribution in [2.45, 2.75) is 37.5 Å². The van der Waals surface area contributed by atoms with Crippen molar-refractivity contribution in [1.82, 2.24) is 24.3 Å². The highest BCUT2D eigenvalue weighted by Crippen LogP contribution is 2.43. The van der Waals surface area contributed by atoms with Crippen molar-refractivity contribution in [1.29, 1.82) is 0 Å². The summed E-state index contributed by atoms with van der Waals surface area (Å²) in [5, 5.41) is 12.2. The van der Waals surface area contributed by atoms with Crippen LogP contribution in [0.3, 0.4) is 0 Å². The molecule has 2 aromatic heterocycles. The number of hydrogen-bond acceptors (Lipinski definition) is 4.